The van der Waals surface area contributed by atoms with Crippen LogP contribution in [-0.4, -0.2) is 32.8 Å². The van der Waals surface area contributed by atoms with Gasteiger partial charge in [0.2, 0.25) is 0 Å². The lowest BCUT2D eigenvalue weighted by atomic mass is 9.88. The van der Waals surface area contributed by atoms with Crippen molar-refractivity contribution in [3.8, 4) is 5.75 Å². The van der Waals surface area contributed by atoms with Crippen molar-refractivity contribution < 1.29 is 4.74 Å². The zero-order valence-corrected chi connectivity index (χ0v) is 17.8. The van der Waals surface area contributed by atoms with Crippen LogP contribution in [0.1, 0.15) is 74.3 Å². The molecule has 0 aliphatic carbocycles. The molecule has 144 valence electrons. The van der Waals surface area contributed by atoms with Gasteiger partial charge in [0.25, 0.3) is 0 Å². The van der Waals surface area contributed by atoms with Crippen LogP contribution in [0.4, 0.5) is 5.82 Å². The second kappa shape index (κ2) is 5.86. The van der Waals surface area contributed by atoms with E-state index in [9.17, 15) is 0 Å². The van der Waals surface area contributed by atoms with E-state index in [0.717, 1.165) is 35.7 Å². The molecule has 1 aliphatic heterocycles. The molecule has 3 rings (SSSR count). The molecule has 0 aromatic carbocycles. The van der Waals surface area contributed by atoms with E-state index in [0.29, 0.717) is 0 Å². The number of ether oxygens (including phenoxy) is 1. The van der Waals surface area contributed by atoms with Gasteiger partial charge >= 0.3 is 0 Å². The summed E-state index contributed by atoms with van der Waals surface area (Å²) in [6.45, 7) is 21.0. The van der Waals surface area contributed by atoms with Crippen molar-refractivity contribution in [2.24, 2.45) is 5.41 Å². The Labute approximate surface area is 157 Å². The quantitative estimate of drug-likeness (QED) is 0.732. The lowest BCUT2D eigenvalue weighted by Crippen LogP contribution is -2.51. The molecule has 2 aromatic heterocycles. The SMILES string of the molecule is CC(C)(C)C[C@H]1CN(C(C)(C)C)c2nc3c(C(C)(C)C)cnn3cc2O1. The Morgan fingerprint density at radius 1 is 1.08 bits per heavy atom. The Morgan fingerprint density at radius 3 is 2.27 bits per heavy atom. The number of nitrogens with zero attached hydrogens (tertiary/aromatic N) is 4. The summed E-state index contributed by atoms with van der Waals surface area (Å²) in [7, 11) is 0. The number of rotatable bonds is 1. The number of hydrogen-bond acceptors (Lipinski definition) is 4. The molecule has 0 bridgehead atoms. The molecule has 2 aromatic rings. The minimum absolute atomic E-state index is 0.000156. The van der Waals surface area contributed by atoms with Crippen LogP contribution < -0.4 is 9.64 Å². The molecule has 0 spiro atoms. The lowest BCUT2D eigenvalue weighted by Gasteiger charge is -2.44. The van der Waals surface area contributed by atoms with Gasteiger partial charge in [0.05, 0.1) is 18.9 Å². The van der Waals surface area contributed by atoms with E-state index in [1.807, 2.05) is 16.9 Å². The van der Waals surface area contributed by atoms with Crippen LogP contribution in [0.25, 0.3) is 5.65 Å². The fraction of sp³-hybridized carbons (Fsp3) is 0.714. The zero-order valence-electron chi connectivity index (χ0n) is 17.8. The van der Waals surface area contributed by atoms with Gasteiger partial charge < -0.3 is 9.64 Å². The highest BCUT2D eigenvalue weighted by molar-refractivity contribution is 5.63. The number of aromatic nitrogens is 3. The van der Waals surface area contributed by atoms with Gasteiger partial charge in [-0.1, -0.05) is 41.5 Å². The Balaban J connectivity index is 2.11. The van der Waals surface area contributed by atoms with Crippen molar-refractivity contribution in [1.29, 1.82) is 0 Å². The maximum absolute atomic E-state index is 6.37. The van der Waals surface area contributed by atoms with Crippen molar-refractivity contribution in [2.75, 3.05) is 11.4 Å². The van der Waals surface area contributed by atoms with E-state index < -0.39 is 0 Å². The zero-order chi connectivity index (χ0) is 19.5. The topological polar surface area (TPSA) is 42.7 Å². The third-order valence-corrected chi connectivity index (χ3v) is 4.83. The van der Waals surface area contributed by atoms with Gasteiger partial charge in [0.1, 0.15) is 6.10 Å². The van der Waals surface area contributed by atoms with Gasteiger partial charge in [-0.25, -0.2) is 9.50 Å². The molecule has 5 heteroatoms. The van der Waals surface area contributed by atoms with E-state index in [-0.39, 0.29) is 22.5 Å². The summed E-state index contributed by atoms with van der Waals surface area (Å²) in [6.07, 6.45) is 5.09. The predicted molar refractivity (Wildman–Crippen MR) is 107 cm³/mol. The van der Waals surface area contributed by atoms with E-state index in [1.54, 1.807) is 0 Å². The predicted octanol–water partition coefficient (Wildman–Crippen LogP) is 4.83. The average molecular weight is 359 g/mol. The first-order valence-electron chi connectivity index (χ1n) is 9.59. The monoisotopic (exact) mass is 358 g/mol. The summed E-state index contributed by atoms with van der Waals surface area (Å²) in [4.78, 5) is 7.41. The van der Waals surface area contributed by atoms with Crippen LogP contribution in [-0.2, 0) is 5.41 Å². The van der Waals surface area contributed by atoms with Crippen molar-refractivity contribution in [3.05, 3.63) is 18.0 Å². The highest BCUT2D eigenvalue weighted by Gasteiger charge is 2.36. The Morgan fingerprint density at radius 2 is 1.73 bits per heavy atom. The molecule has 0 unspecified atom stereocenters. The Kier molecular flexibility index (Phi) is 4.28. The molecule has 1 atom stereocenters. The van der Waals surface area contributed by atoms with Gasteiger partial charge in [-0.2, -0.15) is 5.10 Å². The molecule has 0 saturated heterocycles. The minimum atomic E-state index is -0.0259. The molecule has 1 aliphatic rings. The van der Waals surface area contributed by atoms with E-state index in [4.69, 9.17) is 9.72 Å². The number of anilines is 1. The maximum Gasteiger partial charge on any atom is 0.180 e. The van der Waals surface area contributed by atoms with Gasteiger partial charge in [-0.15, -0.1) is 0 Å². The molecule has 0 fully saturated rings. The summed E-state index contributed by atoms with van der Waals surface area (Å²) < 4.78 is 8.23. The van der Waals surface area contributed by atoms with Gasteiger partial charge in [-0.3, -0.25) is 0 Å². The van der Waals surface area contributed by atoms with Crippen LogP contribution in [0.3, 0.4) is 0 Å². The van der Waals surface area contributed by atoms with Crippen molar-refractivity contribution in [1.82, 2.24) is 14.6 Å². The van der Waals surface area contributed by atoms with E-state index in [1.165, 1.54) is 0 Å². The third kappa shape index (κ3) is 3.67. The molecule has 0 N–H and O–H groups in total. The van der Waals surface area contributed by atoms with Gasteiger partial charge in [0.15, 0.2) is 17.2 Å². The standard InChI is InChI=1S/C21H34N4O/c1-19(2,3)10-14-12-24(21(7,8)9)18-16(26-14)13-25-17(23-18)15(11-22-25)20(4,5)6/h11,13-14H,10,12H2,1-9H3/t14-/m0/s1. The van der Waals surface area contributed by atoms with Crippen molar-refractivity contribution in [2.45, 2.75) is 85.8 Å². The second-order valence-electron chi connectivity index (χ2n) is 10.8. The summed E-state index contributed by atoms with van der Waals surface area (Å²) in [5.74, 6) is 1.76. The van der Waals surface area contributed by atoms with Crippen molar-refractivity contribution >= 4 is 11.5 Å². The van der Waals surface area contributed by atoms with Gasteiger partial charge in [0, 0.05) is 11.1 Å². The molecule has 3 heterocycles. The molecule has 0 radical (unpaired) electrons. The normalized spacial score (nSPS) is 18.8. The number of hydrogen-bond donors (Lipinski definition) is 0. The van der Waals surface area contributed by atoms with Gasteiger partial charge in [-0.05, 0) is 38.0 Å². The first-order valence-corrected chi connectivity index (χ1v) is 9.59. The highest BCUT2D eigenvalue weighted by atomic mass is 16.5. The third-order valence-electron chi connectivity index (χ3n) is 4.83. The smallest absolute Gasteiger partial charge is 0.180 e. The van der Waals surface area contributed by atoms with E-state index >= 15 is 0 Å². The molecular formula is C21H34N4O. The molecular weight excluding hydrogens is 324 g/mol. The first-order chi connectivity index (χ1) is 11.8. The van der Waals surface area contributed by atoms with E-state index in [2.05, 4.69) is 72.3 Å². The Bertz CT molecular complexity index is 802. The Hall–Kier alpha value is -1.78. The summed E-state index contributed by atoms with van der Waals surface area (Å²) in [5.41, 5.74) is 2.27. The molecule has 5 nitrogen and oxygen atoms in total. The summed E-state index contributed by atoms with van der Waals surface area (Å²) >= 11 is 0. The number of fused-ring (bicyclic) bond motifs is 2. The first kappa shape index (κ1) is 19.0. The largest absolute Gasteiger partial charge is 0.483 e. The maximum atomic E-state index is 6.37. The highest BCUT2D eigenvalue weighted by Crippen LogP contribution is 2.39. The van der Waals surface area contributed by atoms with Crippen LogP contribution in [0.5, 0.6) is 5.75 Å². The fourth-order valence-corrected chi connectivity index (χ4v) is 3.58. The lowest BCUT2D eigenvalue weighted by molar-refractivity contribution is 0.130. The van der Waals surface area contributed by atoms with Crippen LogP contribution in [0, 0.1) is 5.41 Å². The molecule has 0 saturated carbocycles. The second-order valence-corrected chi connectivity index (χ2v) is 10.8. The summed E-state index contributed by atoms with van der Waals surface area (Å²) in [6, 6.07) is 0. The molecule has 0 amide bonds. The van der Waals surface area contributed by atoms with Crippen LogP contribution in [0.15, 0.2) is 12.4 Å². The fourth-order valence-electron chi connectivity index (χ4n) is 3.58. The van der Waals surface area contributed by atoms with Crippen LogP contribution in [0.2, 0.25) is 0 Å². The van der Waals surface area contributed by atoms with Crippen LogP contribution >= 0.6 is 0 Å². The van der Waals surface area contributed by atoms with Crippen molar-refractivity contribution in [3.63, 3.8) is 0 Å². The molecule has 26 heavy (non-hydrogen) atoms. The summed E-state index contributed by atoms with van der Waals surface area (Å²) in [5, 5.41) is 4.54. The average Bonchev–Trinajstić information content (AvgIpc) is 2.84. The minimum Gasteiger partial charge on any atom is -0.483 e.